The number of rotatable bonds is 6. The van der Waals surface area contributed by atoms with Crippen LogP contribution in [0, 0.1) is 0 Å². The average molecular weight is 357 g/mol. The Kier molecular flexibility index (Phi) is 5.58. The number of nitrogens with zero attached hydrogens (tertiary/aromatic N) is 1. The van der Waals surface area contributed by atoms with E-state index in [9.17, 15) is 0 Å². The number of halogens is 1. The number of nitrogens with two attached hydrogens (primary N) is 1. The summed E-state index contributed by atoms with van der Waals surface area (Å²) in [7, 11) is 0. The summed E-state index contributed by atoms with van der Waals surface area (Å²) in [5, 5.41) is 6.99. The number of hydrogen-bond donors (Lipinski definition) is 3. The predicted molar refractivity (Wildman–Crippen MR) is 102 cm³/mol. The molecule has 1 aliphatic rings. The second-order valence-electron chi connectivity index (χ2n) is 5.84. The first-order valence-corrected chi connectivity index (χ1v) is 8.49. The zero-order chi connectivity index (χ0) is 17.5. The zero-order valence-corrected chi connectivity index (χ0v) is 14.5. The van der Waals surface area contributed by atoms with Crippen LogP contribution >= 0.6 is 11.6 Å². The van der Waals surface area contributed by atoms with Gasteiger partial charge in [-0.2, -0.15) is 0 Å². The van der Waals surface area contributed by atoms with E-state index in [4.69, 9.17) is 22.1 Å². The average Bonchev–Trinajstić information content (AvgIpc) is 2.59. The fourth-order valence-electron chi connectivity index (χ4n) is 2.58. The zero-order valence-electron chi connectivity index (χ0n) is 13.8. The molecule has 25 heavy (non-hydrogen) atoms. The van der Waals surface area contributed by atoms with Gasteiger partial charge in [0.15, 0.2) is 5.96 Å². The van der Waals surface area contributed by atoms with Crippen molar-refractivity contribution < 1.29 is 4.74 Å². The van der Waals surface area contributed by atoms with Crippen LogP contribution in [-0.4, -0.2) is 24.8 Å². The molecular weight excluding hydrogens is 336 g/mol. The SMILES string of the molecule is NC1(Cc2cccc(Cl)c2)C=CNC(=NCCOc2ccccc2)N1. The van der Waals surface area contributed by atoms with Crippen molar-refractivity contribution in [1.82, 2.24) is 10.6 Å². The van der Waals surface area contributed by atoms with Crippen molar-refractivity contribution in [3.05, 3.63) is 77.5 Å². The second-order valence-corrected chi connectivity index (χ2v) is 6.28. The van der Waals surface area contributed by atoms with E-state index in [1.54, 1.807) is 6.20 Å². The number of hydrogen-bond acceptors (Lipinski definition) is 3. The third-order valence-corrected chi connectivity index (χ3v) is 3.95. The molecule has 0 spiro atoms. The van der Waals surface area contributed by atoms with Crippen LogP contribution < -0.4 is 21.1 Å². The Hall–Kier alpha value is -2.50. The molecule has 3 rings (SSSR count). The van der Waals surface area contributed by atoms with Crippen LogP contribution in [0.4, 0.5) is 0 Å². The highest BCUT2D eigenvalue weighted by atomic mass is 35.5. The van der Waals surface area contributed by atoms with Crippen LogP contribution in [0.2, 0.25) is 5.02 Å². The van der Waals surface area contributed by atoms with Crippen LogP contribution in [0.25, 0.3) is 0 Å². The van der Waals surface area contributed by atoms with E-state index in [0.29, 0.717) is 30.6 Å². The lowest BCUT2D eigenvalue weighted by atomic mass is 9.99. The molecular formula is C19H21ClN4O. The maximum absolute atomic E-state index is 6.43. The maximum Gasteiger partial charge on any atom is 0.197 e. The van der Waals surface area contributed by atoms with Crippen molar-refractivity contribution in [2.24, 2.45) is 10.7 Å². The van der Waals surface area contributed by atoms with Gasteiger partial charge >= 0.3 is 0 Å². The third-order valence-electron chi connectivity index (χ3n) is 3.71. The summed E-state index contributed by atoms with van der Waals surface area (Å²) in [6.07, 6.45) is 4.29. The van der Waals surface area contributed by atoms with Crippen LogP contribution in [0.5, 0.6) is 5.75 Å². The lowest BCUT2D eigenvalue weighted by molar-refractivity contribution is 0.328. The van der Waals surface area contributed by atoms with Gasteiger partial charge in [0.05, 0.1) is 6.54 Å². The van der Waals surface area contributed by atoms with Crippen molar-refractivity contribution in [2.45, 2.75) is 12.1 Å². The largest absolute Gasteiger partial charge is 0.492 e. The number of para-hydroxylation sites is 1. The van der Waals surface area contributed by atoms with Crippen LogP contribution in [0.1, 0.15) is 5.56 Å². The number of guanidine groups is 1. The third kappa shape index (κ3) is 5.24. The maximum atomic E-state index is 6.43. The van der Waals surface area contributed by atoms with Crippen molar-refractivity contribution >= 4 is 17.6 Å². The highest BCUT2D eigenvalue weighted by molar-refractivity contribution is 6.30. The van der Waals surface area contributed by atoms with Crippen LogP contribution in [0.15, 0.2) is 71.9 Å². The molecule has 4 N–H and O–H groups in total. The van der Waals surface area contributed by atoms with Gasteiger partial charge in [-0.15, -0.1) is 0 Å². The van der Waals surface area contributed by atoms with Gasteiger partial charge in [-0.3, -0.25) is 0 Å². The molecule has 5 nitrogen and oxygen atoms in total. The van der Waals surface area contributed by atoms with Gasteiger partial charge in [0.2, 0.25) is 0 Å². The Labute approximate surface area is 152 Å². The van der Waals surface area contributed by atoms with Crippen molar-refractivity contribution in [2.75, 3.05) is 13.2 Å². The Morgan fingerprint density at radius 1 is 1.12 bits per heavy atom. The molecule has 0 radical (unpaired) electrons. The molecule has 2 aromatic rings. The standard InChI is InChI=1S/C19H21ClN4O/c20-16-6-4-5-15(13-16)14-19(21)9-10-22-18(24-19)23-11-12-25-17-7-2-1-3-8-17/h1-10,13H,11-12,14,21H2,(H2,22,23,24). The minimum atomic E-state index is -0.713. The van der Waals surface area contributed by atoms with Gasteiger partial charge in [-0.05, 0) is 35.9 Å². The fraction of sp³-hybridized carbons (Fsp3) is 0.211. The molecule has 0 amide bonds. The highest BCUT2D eigenvalue weighted by Crippen LogP contribution is 2.16. The molecule has 0 fully saturated rings. The molecule has 6 heteroatoms. The molecule has 0 aliphatic carbocycles. The number of ether oxygens (including phenoxy) is 1. The highest BCUT2D eigenvalue weighted by Gasteiger charge is 2.26. The molecule has 1 heterocycles. The first-order chi connectivity index (χ1) is 12.1. The normalized spacial score (nSPS) is 20.8. The van der Waals surface area contributed by atoms with E-state index in [0.717, 1.165) is 11.3 Å². The summed E-state index contributed by atoms with van der Waals surface area (Å²) >= 11 is 6.04. The Morgan fingerprint density at radius 3 is 2.76 bits per heavy atom. The minimum Gasteiger partial charge on any atom is -0.492 e. The predicted octanol–water partition coefficient (Wildman–Crippen LogP) is 2.68. The molecule has 0 saturated heterocycles. The Morgan fingerprint density at radius 2 is 1.96 bits per heavy atom. The summed E-state index contributed by atoms with van der Waals surface area (Å²) in [4.78, 5) is 4.47. The molecule has 0 bridgehead atoms. The van der Waals surface area contributed by atoms with Crippen molar-refractivity contribution in [3.63, 3.8) is 0 Å². The van der Waals surface area contributed by atoms with E-state index < -0.39 is 5.66 Å². The fourth-order valence-corrected chi connectivity index (χ4v) is 2.79. The minimum absolute atomic E-state index is 0.493. The first kappa shape index (κ1) is 17.3. The molecule has 130 valence electrons. The summed E-state index contributed by atoms with van der Waals surface area (Å²) in [5.41, 5.74) is 6.78. The van der Waals surface area contributed by atoms with E-state index in [-0.39, 0.29) is 0 Å². The van der Waals surface area contributed by atoms with Gasteiger partial charge in [-0.1, -0.05) is 41.9 Å². The molecule has 1 unspecified atom stereocenters. The van der Waals surface area contributed by atoms with Crippen molar-refractivity contribution in [3.8, 4) is 5.75 Å². The monoisotopic (exact) mass is 356 g/mol. The van der Waals surface area contributed by atoms with Gasteiger partial charge in [0.1, 0.15) is 18.0 Å². The Bertz CT molecular complexity index is 763. The summed E-state index contributed by atoms with van der Waals surface area (Å²) in [5.74, 6) is 1.46. The molecule has 2 aromatic carbocycles. The first-order valence-electron chi connectivity index (χ1n) is 8.11. The van der Waals surface area contributed by atoms with E-state index in [1.165, 1.54) is 0 Å². The second kappa shape index (κ2) is 8.05. The van der Waals surface area contributed by atoms with Gasteiger partial charge in [0.25, 0.3) is 0 Å². The summed E-state index contributed by atoms with van der Waals surface area (Å²) < 4.78 is 5.63. The lowest BCUT2D eigenvalue weighted by Gasteiger charge is -2.32. The van der Waals surface area contributed by atoms with Gasteiger partial charge in [0, 0.05) is 17.6 Å². The van der Waals surface area contributed by atoms with Gasteiger partial charge < -0.3 is 21.1 Å². The van der Waals surface area contributed by atoms with Gasteiger partial charge in [-0.25, -0.2) is 4.99 Å². The molecule has 1 aliphatic heterocycles. The molecule has 0 aromatic heterocycles. The summed E-state index contributed by atoms with van der Waals surface area (Å²) in [6.45, 7) is 1.01. The quantitative estimate of drug-likeness (QED) is 0.696. The smallest absolute Gasteiger partial charge is 0.197 e. The topological polar surface area (TPSA) is 71.7 Å². The number of benzene rings is 2. The summed E-state index contributed by atoms with van der Waals surface area (Å²) in [6, 6.07) is 17.4. The molecule has 0 saturated carbocycles. The van der Waals surface area contributed by atoms with Crippen LogP contribution in [-0.2, 0) is 6.42 Å². The number of aliphatic imine (C=N–C) groups is 1. The molecule has 1 atom stereocenters. The van der Waals surface area contributed by atoms with E-state index in [2.05, 4.69) is 15.6 Å². The van der Waals surface area contributed by atoms with Crippen LogP contribution in [0.3, 0.4) is 0 Å². The number of nitrogens with one attached hydrogen (secondary N) is 2. The lowest BCUT2D eigenvalue weighted by Crippen LogP contribution is -2.61. The van der Waals surface area contributed by atoms with Crippen molar-refractivity contribution in [1.29, 1.82) is 0 Å². The van der Waals surface area contributed by atoms with E-state index in [1.807, 2.05) is 60.7 Å². The van der Waals surface area contributed by atoms with E-state index >= 15 is 0 Å². The Balaban J connectivity index is 1.54.